The predicted molar refractivity (Wildman–Crippen MR) is 120 cm³/mol. The number of benzene rings is 2. The van der Waals surface area contributed by atoms with Crippen molar-refractivity contribution in [1.29, 1.82) is 0 Å². The summed E-state index contributed by atoms with van der Waals surface area (Å²) in [7, 11) is -3.93. The third-order valence-electron chi connectivity index (χ3n) is 4.30. The monoisotopic (exact) mass is 464 g/mol. The number of hydrogen-bond donors (Lipinski definition) is 2. The second-order valence-corrected chi connectivity index (χ2v) is 9.88. The molecule has 0 aliphatic heterocycles. The lowest BCUT2D eigenvalue weighted by atomic mass is 10.1. The summed E-state index contributed by atoms with van der Waals surface area (Å²) >= 11 is 7.00. The molecular formula is C20H21ClN4O3S2. The Bertz CT molecular complexity index is 1190. The molecule has 1 amide bonds. The average molecular weight is 465 g/mol. The van der Waals surface area contributed by atoms with Crippen molar-refractivity contribution in [3.05, 3.63) is 58.6 Å². The van der Waals surface area contributed by atoms with Crippen molar-refractivity contribution < 1.29 is 13.2 Å². The number of nitrogen functional groups attached to an aromatic ring is 1. The zero-order chi connectivity index (χ0) is 22.1. The van der Waals surface area contributed by atoms with E-state index in [4.69, 9.17) is 17.3 Å². The van der Waals surface area contributed by atoms with Crippen LogP contribution in [0.3, 0.4) is 0 Å². The standard InChI is InChI=1S/C20H21ClN4O3S2/c1-12-8-13(2)10-15(9-12)23-17(26)11-25-19(22)18(20(24-25)29-3)30(27,28)16-6-4-14(21)5-7-16/h4-10H,11,22H2,1-3H3,(H,23,26). The minimum Gasteiger partial charge on any atom is -0.383 e. The fraction of sp³-hybridized carbons (Fsp3) is 0.200. The molecule has 3 rings (SSSR count). The number of aromatic nitrogens is 2. The molecule has 0 saturated carbocycles. The van der Waals surface area contributed by atoms with Crippen LogP contribution in [-0.4, -0.2) is 30.4 Å². The molecule has 0 aliphatic rings. The topological polar surface area (TPSA) is 107 Å². The SMILES string of the molecule is CSc1nn(CC(=O)Nc2cc(C)cc(C)c2)c(N)c1S(=O)(=O)c1ccc(Cl)cc1. The Hall–Kier alpha value is -2.49. The van der Waals surface area contributed by atoms with Crippen LogP contribution in [0.25, 0.3) is 0 Å². The molecule has 0 radical (unpaired) electrons. The lowest BCUT2D eigenvalue weighted by Crippen LogP contribution is -2.21. The lowest BCUT2D eigenvalue weighted by Gasteiger charge is -2.09. The van der Waals surface area contributed by atoms with E-state index in [9.17, 15) is 13.2 Å². The highest BCUT2D eigenvalue weighted by Crippen LogP contribution is 2.34. The molecule has 1 aromatic heterocycles. The molecule has 158 valence electrons. The van der Waals surface area contributed by atoms with Crippen molar-refractivity contribution >= 4 is 50.6 Å². The molecule has 0 fully saturated rings. The number of sulfone groups is 1. The van der Waals surface area contributed by atoms with E-state index in [0.717, 1.165) is 22.9 Å². The van der Waals surface area contributed by atoms with E-state index in [-0.39, 0.29) is 33.1 Å². The first-order chi connectivity index (χ1) is 14.1. The number of anilines is 2. The number of rotatable bonds is 6. The molecule has 0 bridgehead atoms. The summed E-state index contributed by atoms with van der Waals surface area (Å²) in [5.41, 5.74) is 8.82. The Kier molecular flexibility index (Phi) is 6.44. The van der Waals surface area contributed by atoms with Crippen molar-refractivity contribution in [2.24, 2.45) is 0 Å². The highest BCUT2D eigenvalue weighted by atomic mass is 35.5. The highest BCUT2D eigenvalue weighted by Gasteiger charge is 2.29. The van der Waals surface area contributed by atoms with Crippen LogP contribution < -0.4 is 11.1 Å². The molecule has 0 saturated heterocycles. The molecule has 7 nitrogen and oxygen atoms in total. The number of aryl methyl sites for hydroxylation is 2. The van der Waals surface area contributed by atoms with Gasteiger partial charge in [-0.3, -0.25) is 4.79 Å². The predicted octanol–water partition coefficient (Wildman–Crippen LogP) is 3.93. The number of hydrogen-bond acceptors (Lipinski definition) is 6. The Morgan fingerprint density at radius 1 is 1.17 bits per heavy atom. The molecule has 3 aromatic rings. The van der Waals surface area contributed by atoms with Gasteiger partial charge in [-0.2, -0.15) is 5.10 Å². The van der Waals surface area contributed by atoms with Gasteiger partial charge in [-0.05, 0) is 67.6 Å². The number of nitrogens with one attached hydrogen (secondary N) is 1. The second kappa shape index (κ2) is 8.71. The highest BCUT2D eigenvalue weighted by molar-refractivity contribution is 7.99. The van der Waals surface area contributed by atoms with E-state index in [2.05, 4.69) is 10.4 Å². The molecule has 0 atom stereocenters. The summed E-state index contributed by atoms with van der Waals surface area (Å²) in [4.78, 5) is 12.5. The Labute approximate surface area is 184 Å². The van der Waals surface area contributed by atoms with Gasteiger partial charge in [-0.15, -0.1) is 11.8 Å². The van der Waals surface area contributed by atoms with Gasteiger partial charge in [0.2, 0.25) is 15.7 Å². The maximum absolute atomic E-state index is 13.1. The quantitative estimate of drug-likeness (QED) is 0.535. The van der Waals surface area contributed by atoms with Gasteiger partial charge in [0.05, 0.1) is 4.90 Å². The molecule has 1 heterocycles. The average Bonchev–Trinajstić information content (AvgIpc) is 2.97. The van der Waals surface area contributed by atoms with Gasteiger partial charge < -0.3 is 11.1 Å². The normalized spacial score (nSPS) is 11.5. The van der Waals surface area contributed by atoms with Gasteiger partial charge >= 0.3 is 0 Å². The summed E-state index contributed by atoms with van der Waals surface area (Å²) in [6, 6.07) is 11.5. The number of amides is 1. The zero-order valence-corrected chi connectivity index (χ0v) is 19.0. The molecule has 10 heteroatoms. The smallest absolute Gasteiger partial charge is 0.246 e. The van der Waals surface area contributed by atoms with Crippen LogP contribution in [0, 0.1) is 13.8 Å². The van der Waals surface area contributed by atoms with Crippen molar-refractivity contribution in [3.8, 4) is 0 Å². The molecular weight excluding hydrogens is 444 g/mol. The minimum absolute atomic E-state index is 0.0492. The Morgan fingerprint density at radius 3 is 2.33 bits per heavy atom. The zero-order valence-electron chi connectivity index (χ0n) is 16.6. The first kappa shape index (κ1) is 22.2. The van der Waals surface area contributed by atoms with Crippen LogP contribution in [0.1, 0.15) is 11.1 Å². The van der Waals surface area contributed by atoms with Gasteiger partial charge in [-0.1, -0.05) is 17.7 Å². The number of thioether (sulfide) groups is 1. The summed E-state index contributed by atoms with van der Waals surface area (Å²) in [5.74, 6) is -0.456. The molecule has 2 aromatic carbocycles. The number of nitrogens with zero attached hydrogens (tertiary/aromatic N) is 2. The largest absolute Gasteiger partial charge is 0.383 e. The van der Waals surface area contributed by atoms with E-state index in [1.54, 1.807) is 6.26 Å². The van der Waals surface area contributed by atoms with Crippen LogP contribution in [0.5, 0.6) is 0 Å². The van der Waals surface area contributed by atoms with Crippen LogP contribution in [0.15, 0.2) is 57.3 Å². The van der Waals surface area contributed by atoms with E-state index in [0.29, 0.717) is 10.7 Å². The fourth-order valence-corrected chi connectivity index (χ4v) is 5.61. The van der Waals surface area contributed by atoms with Crippen molar-refractivity contribution in [2.75, 3.05) is 17.3 Å². The lowest BCUT2D eigenvalue weighted by molar-refractivity contribution is -0.116. The van der Waals surface area contributed by atoms with E-state index in [1.807, 2.05) is 32.0 Å². The summed E-state index contributed by atoms with van der Waals surface area (Å²) < 4.78 is 27.4. The van der Waals surface area contributed by atoms with Crippen molar-refractivity contribution in [2.45, 2.75) is 35.2 Å². The van der Waals surface area contributed by atoms with Crippen LogP contribution in [-0.2, 0) is 21.2 Å². The molecule has 0 unspecified atom stereocenters. The maximum atomic E-state index is 13.1. The fourth-order valence-electron chi connectivity index (χ4n) is 3.06. The number of carbonyl (C=O) groups excluding carboxylic acids is 1. The van der Waals surface area contributed by atoms with Crippen LogP contribution >= 0.6 is 23.4 Å². The first-order valence-corrected chi connectivity index (χ1v) is 12.0. The van der Waals surface area contributed by atoms with Gasteiger partial charge in [0.25, 0.3) is 0 Å². The number of carbonyl (C=O) groups is 1. The second-order valence-electron chi connectivity index (χ2n) is 6.76. The summed E-state index contributed by atoms with van der Waals surface area (Å²) in [6.07, 6.45) is 1.70. The Morgan fingerprint density at radius 2 is 1.77 bits per heavy atom. The van der Waals surface area contributed by atoms with Gasteiger partial charge in [-0.25, -0.2) is 13.1 Å². The third kappa shape index (κ3) is 4.63. The molecule has 30 heavy (non-hydrogen) atoms. The Balaban J connectivity index is 1.91. The third-order valence-corrected chi connectivity index (χ3v) is 7.19. The van der Waals surface area contributed by atoms with Gasteiger partial charge in [0.15, 0.2) is 0 Å². The first-order valence-electron chi connectivity index (χ1n) is 8.91. The van der Waals surface area contributed by atoms with Crippen molar-refractivity contribution in [3.63, 3.8) is 0 Å². The van der Waals surface area contributed by atoms with E-state index < -0.39 is 9.84 Å². The maximum Gasteiger partial charge on any atom is 0.246 e. The molecule has 0 aliphatic carbocycles. The molecule has 0 spiro atoms. The molecule has 3 N–H and O–H groups in total. The number of halogens is 1. The number of nitrogens with two attached hydrogens (primary N) is 1. The van der Waals surface area contributed by atoms with Crippen molar-refractivity contribution in [1.82, 2.24) is 9.78 Å². The van der Waals surface area contributed by atoms with Crippen LogP contribution in [0.4, 0.5) is 11.5 Å². The minimum atomic E-state index is -3.93. The van der Waals surface area contributed by atoms with Crippen LogP contribution in [0.2, 0.25) is 5.02 Å². The summed E-state index contributed by atoms with van der Waals surface area (Å²) in [5, 5.41) is 7.69. The summed E-state index contributed by atoms with van der Waals surface area (Å²) in [6.45, 7) is 3.65. The van der Waals surface area contributed by atoms with E-state index in [1.165, 1.54) is 28.9 Å². The van der Waals surface area contributed by atoms with Gasteiger partial charge in [0.1, 0.15) is 22.3 Å². The van der Waals surface area contributed by atoms with E-state index >= 15 is 0 Å². The van der Waals surface area contributed by atoms with Gasteiger partial charge in [0, 0.05) is 10.7 Å².